The standard InChI is InChI=1S/C23H32ClN5/c1-16-9-8-14-29(16,5)22-12-6-11-21(28(22)4)26-18-15-20(24)27(3)19-10-7-13-25-23(18)17(19)2/h6-7,11-13,15-17,19H,8-10,14H2,1-5H3/q+2/p+1. The highest BCUT2D eigenvalue weighted by molar-refractivity contribution is 6.67. The fourth-order valence-corrected chi connectivity index (χ4v) is 5.34. The van der Waals surface area contributed by atoms with Crippen LogP contribution in [0.1, 0.15) is 33.1 Å². The number of pyridine rings is 1. The van der Waals surface area contributed by atoms with Gasteiger partial charge in [0, 0.05) is 37.6 Å². The summed E-state index contributed by atoms with van der Waals surface area (Å²) < 4.78 is 5.43. The molecule has 1 fully saturated rings. The lowest BCUT2D eigenvalue weighted by molar-refractivity contribution is -0.650. The predicted octanol–water partition coefficient (Wildman–Crippen LogP) is 3.58. The molecule has 1 saturated heterocycles. The van der Waals surface area contributed by atoms with Gasteiger partial charge in [0.05, 0.1) is 44.4 Å². The van der Waals surface area contributed by atoms with Crippen LogP contribution in [0.25, 0.3) is 0 Å². The molecule has 0 amide bonds. The van der Waals surface area contributed by atoms with E-state index in [0.29, 0.717) is 12.1 Å². The van der Waals surface area contributed by atoms with Crippen molar-refractivity contribution in [1.82, 2.24) is 4.48 Å². The number of allylic oxidation sites excluding steroid dienone is 2. The predicted molar refractivity (Wildman–Crippen MR) is 122 cm³/mol. The summed E-state index contributed by atoms with van der Waals surface area (Å²) in [5.74, 6) is 2.66. The fraction of sp³-hybridized carbons (Fsp3) is 0.522. The normalized spacial score (nSPS) is 31.9. The Morgan fingerprint density at radius 1 is 1.24 bits per heavy atom. The van der Waals surface area contributed by atoms with Crippen molar-refractivity contribution in [2.24, 2.45) is 18.0 Å². The van der Waals surface area contributed by atoms with Gasteiger partial charge in [-0.1, -0.05) is 13.0 Å². The molecule has 4 heterocycles. The van der Waals surface area contributed by atoms with Gasteiger partial charge in [0.25, 0.3) is 16.8 Å². The van der Waals surface area contributed by atoms with E-state index in [2.05, 4.69) is 73.7 Å². The summed E-state index contributed by atoms with van der Waals surface area (Å²) in [6.45, 7) is 5.79. The van der Waals surface area contributed by atoms with Gasteiger partial charge < -0.3 is 0 Å². The van der Waals surface area contributed by atoms with Crippen molar-refractivity contribution < 1.29 is 9.14 Å². The van der Waals surface area contributed by atoms with Gasteiger partial charge in [-0.05, 0) is 24.6 Å². The van der Waals surface area contributed by atoms with Crippen LogP contribution in [0.5, 0.6) is 0 Å². The first kappa shape index (κ1) is 20.3. The number of hydrogen-bond donors (Lipinski definition) is 1. The molecular weight excluding hydrogens is 382 g/mol. The van der Waals surface area contributed by atoms with Crippen LogP contribution in [0.15, 0.2) is 47.2 Å². The van der Waals surface area contributed by atoms with Crippen LogP contribution >= 0.6 is 11.6 Å². The average Bonchev–Trinajstić information content (AvgIpc) is 2.88. The summed E-state index contributed by atoms with van der Waals surface area (Å²) in [4.78, 5) is 4.78. The third kappa shape index (κ3) is 3.44. The van der Waals surface area contributed by atoms with E-state index in [4.69, 9.17) is 16.6 Å². The molecule has 2 bridgehead atoms. The first-order valence-corrected chi connectivity index (χ1v) is 11.0. The zero-order valence-electron chi connectivity index (χ0n) is 18.2. The van der Waals surface area contributed by atoms with E-state index in [1.165, 1.54) is 25.2 Å². The van der Waals surface area contributed by atoms with Crippen LogP contribution in [-0.4, -0.2) is 48.2 Å². The minimum Gasteiger partial charge on any atom is -0.257 e. The smallest absolute Gasteiger partial charge is 0.257 e. The number of aromatic nitrogens is 1. The van der Waals surface area contributed by atoms with Gasteiger partial charge in [-0.3, -0.25) is 9.48 Å². The van der Waals surface area contributed by atoms with Crippen LogP contribution in [0.2, 0.25) is 0 Å². The minimum absolute atomic E-state index is 0.279. The molecule has 1 N–H and O–H groups in total. The Morgan fingerprint density at radius 2 is 2.03 bits per heavy atom. The summed E-state index contributed by atoms with van der Waals surface area (Å²) in [5, 5.41) is 4.41. The molecule has 4 rings (SSSR count). The second-order valence-corrected chi connectivity index (χ2v) is 9.31. The Bertz CT molecular complexity index is 945. The fourth-order valence-electron chi connectivity index (χ4n) is 5.11. The highest BCUT2D eigenvalue weighted by atomic mass is 35.5. The monoisotopic (exact) mass is 414 g/mol. The van der Waals surface area contributed by atoms with Gasteiger partial charge in [-0.15, -0.1) is 0 Å². The molecule has 0 radical (unpaired) electrons. The number of halogens is 1. The van der Waals surface area contributed by atoms with E-state index in [1.807, 2.05) is 12.3 Å². The number of hydrogen-bond acceptors (Lipinski definition) is 2. The molecule has 29 heavy (non-hydrogen) atoms. The Morgan fingerprint density at radius 3 is 2.76 bits per heavy atom. The van der Waals surface area contributed by atoms with Gasteiger partial charge in [0.2, 0.25) is 0 Å². The van der Waals surface area contributed by atoms with Crippen LogP contribution in [-0.2, 0) is 7.05 Å². The van der Waals surface area contributed by atoms with E-state index in [1.54, 1.807) is 0 Å². The van der Waals surface area contributed by atoms with Crippen molar-refractivity contribution >= 4 is 34.1 Å². The van der Waals surface area contributed by atoms with Crippen LogP contribution in [0.3, 0.4) is 0 Å². The summed E-state index contributed by atoms with van der Waals surface area (Å²) in [6, 6.07) is 7.48. The molecule has 1 aromatic heterocycles. The zero-order chi connectivity index (χ0) is 20.8. The maximum atomic E-state index is 6.67. The number of rotatable bonds is 3. The summed E-state index contributed by atoms with van der Waals surface area (Å²) in [5.41, 5.74) is 2.04. The SMILES string of the molecule is CC1C2=NC=CCC1[N+](C)=C(Cl)C=C2Nc1cccc([N+]2(C)CCCC2C)[n+]1C. The molecule has 0 aromatic carbocycles. The summed E-state index contributed by atoms with van der Waals surface area (Å²) in [6.07, 6.45) is 9.59. The maximum absolute atomic E-state index is 6.67. The molecule has 0 saturated carbocycles. The Kier molecular flexibility index (Phi) is 5.38. The van der Waals surface area contributed by atoms with E-state index >= 15 is 0 Å². The summed E-state index contributed by atoms with van der Waals surface area (Å²) in [7, 11) is 6.58. The Hall–Kier alpha value is -1.98. The molecule has 5 nitrogen and oxygen atoms in total. The molecular formula is C23H33ClN5+3. The lowest BCUT2D eigenvalue weighted by Gasteiger charge is -2.32. The van der Waals surface area contributed by atoms with Crippen LogP contribution < -0.4 is 14.4 Å². The molecule has 6 heteroatoms. The van der Waals surface area contributed by atoms with Gasteiger partial charge in [0.15, 0.2) is 11.7 Å². The van der Waals surface area contributed by atoms with Crippen molar-refractivity contribution in [3.63, 3.8) is 0 Å². The van der Waals surface area contributed by atoms with Gasteiger partial charge in [0.1, 0.15) is 7.05 Å². The number of fused-ring (bicyclic) bond motifs is 2. The highest BCUT2D eigenvalue weighted by Crippen LogP contribution is 2.31. The number of nitrogens with zero attached hydrogens (tertiary/aromatic N) is 4. The van der Waals surface area contributed by atoms with Crippen LogP contribution in [0.4, 0.5) is 11.6 Å². The average molecular weight is 415 g/mol. The zero-order valence-corrected chi connectivity index (χ0v) is 18.9. The van der Waals surface area contributed by atoms with Crippen molar-refractivity contribution in [1.29, 1.82) is 0 Å². The molecule has 4 unspecified atom stereocenters. The van der Waals surface area contributed by atoms with E-state index < -0.39 is 0 Å². The number of anilines is 1. The molecule has 4 atom stereocenters. The first-order valence-electron chi connectivity index (χ1n) is 10.6. The Balaban J connectivity index is 1.74. The second kappa shape index (κ2) is 7.69. The first-order chi connectivity index (χ1) is 13.8. The number of quaternary nitrogens is 1. The van der Waals surface area contributed by atoms with Gasteiger partial charge in [-0.25, -0.2) is 9.89 Å². The molecule has 154 valence electrons. The van der Waals surface area contributed by atoms with Crippen LogP contribution in [0, 0.1) is 5.92 Å². The van der Waals surface area contributed by atoms with E-state index in [9.17, 15) is 0 Å². The number of likely N-dealkylation sites (tertiary alicyclic amines) is 1. The van der Waals surface area contributed by atoms with Gasteiger partial charge in [-0.2, -0.15) is 4.57 Å². The lowest BCUT2D eigenvalue weighted by atomic mass is 9.93. The molecule has 0 spiro atoms. The maximum Gasteiger partial charge on any atom is 0.292 e. The third-order valence-electron chi connectivity index (χ3n) is 7.29. The molecule has 3 aliphatic heterocycles. The van der Waals surface area contributed by atoms with Crippen molar-refractivity contribution in [2.75, 3.05) is 26.0 Å². The number of nitrogens with one attached hydrogen (secondary N) is 1. The van der Waals surface area contributed by atoms with E-state index in [-0.39, 0.29) is 5.92 Å². The van der Waals surface area contributed by atoms with Gasteiger partial charge >= 0.3 is 0 Å². The third-order valence-corrected chi connectivity index (χ3v) is 7.66. The summed E-state index contributed by atoms with van der Waals surface area (Å²) >= 11 is 6.67. The molecule has 3 aliphatic rings. The number of aliphatic imine (C=N–C) groups is 1. The molecule has 1 aromatic rings. The van der Waals surface area contributed by atoms with Crippen molar-refractivity contribution in [3.05, 3.63) is 42.2 Å². The largest absolute Gasteiger partial charge is 0.292 e. The quantitative estimate of drug-likeness (QED) is 0.594. The second-order valence-electron chi connectivity index (χ2n) is 8.92. The van der Waals surface area contributed by atoms with Crippen molar-refractivity contribution in [2.45, 2.75) is 45.2 Å². The highest BCUT2D eigenvalue weighted by Gasteiger charge is 2.42. The van der Waals surface area contributed by atoms with E-state index in [0.717, 1.165) is 33.3 Å². The lowest BCUT2D eigenvalue weighted by Crippen LogP contribution is -2.55. The van der Waals surface area contributed by atoms with Crippen molar-refractivity contribution in [3.8, 4) is 0 Å². The minimum atomic E-state index is 0.279. The molecule has 0 aliphatic carbocycles. The Labute approximate surface area is 179 Å². The topological polar surface area (TPSA) is 31.3 Å².